The van der Waals surface area contributed by atoms with E-state index in [4.69, 9.17) is 9.47 Å². The van der Waals surface area contributed by atoms with Crippen molar-refractivity contribution in [1.82, 2.24) is 14.7 Å². The fourth-order valence-electron chi connectivity index (χ4n) is 4.58. The third kappa shape index (κ3) is 3.11. The van der Waals surface area contributed by atoms with Crippen LogP contribution in [0.3, 0.4) is 0 Å². The van der Waals surface area contributed by atoms with Gasteiger partial charge >= 0.3 is 0 Å². The molecule has 1 saturated carbocycles. The molecule has 0 unspecified atom stereocenters. The molecule has 7 heteroatoms. The van der Waals surface area contributed by atoms with Crippen LogP contribution in [-0.4, -0.2) is 72.6 Å². The molecule has 2 amide bonds. The molecule has 0 bridgehead atoms. The van der Waals surface area contributed by atoms with Crippen molar-refractivity contribution in [1.29, 1.82) is 0 Å². The number of hydrogen-bond acceptors (Lipinski definition) is 5. The molecule has 28 heavy (non-hydrogen) atoms. The van der Waals surface area contributed by atoms with Crippen LogP contribution >= 0.6 is 0 Å². The molecular formula is C21H27N3O4. The van der Waals surface area contributed by atoms with Crippen LogP contribution in [0.2, 0.25) is 0 Å². The Balaban J connectivity index is 1.17. The Morgan fingerprint density at radius 1 is 0.857 bits per heavy atom. The number of benzene rings is 1. The van der Waals surface area contributed by atoms with Gasteiger partial charge < -0.3 is 19.3 Å². The number of piperazine rings is 1. The molecule has 1 aliphatic carbocycles. The number of ether oxygens (including phenoxy) is 2. The van der Waals surface area contributed by atoms with Gasteiger partial charge in [0.05, 0.1) is 0 Å². The molecule has 2 saturated heterocycles. The van der Waals surface area contributed by atoms with E-state index in [1.165, 1.54) is 5.56 Å². The van der Waals surface area contributed by atoms with Gasteiger partial charge in [-0.25, -0.2) is 0 Å². The number of hydrogen-bond donors (Lipinski definition) is 0. The number of fused-ring (bicyclic) bond motifs is 1. The second-order valence-corrected chi connectivity index (χ2v) is 8.34. The van der Waals surface area contributed by atoms with Gasteiger partial charge in [-0.05, 0) is 43.4 Å². The highest BCUT2D eigenvalue weighted by atomic mass is 16.7. The smallest absolute Gasteiger partial charge is 0.238 e. The van der Waals surface area contributed by atoms with Crippen molar-refractivity contribution in [2.75, 3.05) is 46.1 Å². The summed E-state index contributed by atoms with van der Waals surface area (Å²) in [5, 5.41) is 0. The number of likely N-dealkylation sites (tertiary alicyclic amines) is 1. The van der Waals surface area contributed by atoms with Gasteiger partial charge in [-0.3, -0.25) is 14.5 Å². The van der Waals surface area contributed by atoms with Crippen molar-refractivity contribution in [3.8, 4) is 11.5 Å². The first-order chi connectivity index (χ1) is 13.7. The molecule has 0 N–H and O–H groups in total. The number of rotatable bonds is 4. The van der Waals surface area contributed by atoms with Gasteiger partial charge in [0.25, 0.3) is 0 Å². The van der Waals surface area contributed by atoms with Gasteiger partial charge in [0, 0.05) is 45.8 Å². The largest absolute Gasteiger partial charge is 0.454 e. The quantitative estimate of drug-likeness (QED) is 0.735. The molecule has 1 aromatic rings. The summed E-state index contributed by atoms with van der Waals surface area (Å²) < 4.78 is 10.8. The molecule has 7 nitrogen and oxygen atoms in total. The van der Waals surface area contributed by atoms with E-state index in [9.17, 15) is 9.59 Å². The van der Waals surface area contributed by atoms with Crippen LogP contribution in [0, 0.1) is 5.41 Å². The lowest BCUT2D eigenvalue weighted by atomic mass is 10.0. The molecule has 1 aromatic carbocycles. The maximum Gasteiger partial charge on any atom is 0.238 e. The molecule has 150 valence electrons. The lowest BCUT2D eigenvalue weighted by molar-refractivity contribution is -0.150. The van der Waals surface area contributed by atoms with Crippen LogP contribution < -0.4 is 9.47 Å². The summed E-state index contributed by atoms with van der Waals surface area (Å²) in [4.78, 5) is 32.1. The van der Waals surface area contributed by atoms with E-state index in [2.05, 4.69) is 11.0 Å². The molecule has 0 radical (unpaired) electrons. The van der Waals surface area contributed by atoms with E-state index in [1.807, 2.05) is 21.9 Å². The maximum atomic E-state index is 13.1. The van der Waals surface area contributed by atoms with Gasteiger partial charge in [-0.15, -0.1) is 0 Å². The minimum atomic E-state index is -0.732. The van der Waals surface area contributed by atoms with Crippen LogP contribution in [0.25, 0.3) is 0 Å². The first-order valence-electron chi connectivity index (χ1n) is 10.4. The van der Waals surface area contributed by atoms with Gasteiger partial charge in [-0.2, -0.15) is 0 Å². The lowest BCUT2D eigenvalue weighted by Gasteiger charge is -2.37. The van der Waals surface area contributed by atoms with Gasteiger partial charge in [0.1, 0.15) is 5.41 Å². The highest BCUT2D eigenvalue weighted by Gasteiger charge is 2.59. The third-order valence-electron chi connectivity index (χ3n) is 6.46. The van der Waals surface area contributed by atoms with Crippen molar-refractivity contribution in [2.24, 2.45) is 5.41 Å². The first-order valence-corrected chi connectivity index (χ1v) is 10.4. The molecule has 3 fully saturated rings. The summed E-state index contributed by atoms with van der Waals surface area (Å²) in [6.07, 6.45) is 3.57. The average molecular weight is 385 g/mol. The second-order valence-electron chi connectivity index (χ2n) is 8.34. The Morgan fingerprint density at radius 3 is 2.18 bits per heavy atom. The molecule has 5 rings (SSSR count). The van der Waals surface area contributed by atoms with Crippen LogP contribution in [-0.2, 0) is 16.1 Å². The molecule has 0 aromatic heterocycles. The van der Waals surface area contributed by atoms with E-state index in [-0.39, 0.29) is 18.6 Å². The van der Waals surface area contributed by atoms with Gasteiger partial charge in [-0.1, -0.05) is 6.07 Å². The Labute approximate surface area is 165 Å². The van der Waals surface area contributed by atoms with Crippen LogP contribution in [0.15, 0.2) is 18.2 Å². The van der Waals surface area contributed by atoms with E-state index in [1.54, 1.807) is 0 Å². The zero-order valence-corrected chi connectivity index (χ0v) is 16.2. The Hall–Kier alpha value is -2.28. The molecule has 3 heterocycles. The molecular weight excluding hydrogens is 358 g/mol. The normalized spacial score (nSPS) is 23.1. The number of nitrogens with zero attached hydrogens (tertiary/aromatic N) is 3. The zero-order valence-electron chi connectivity index (χ0n) is 16.2. The van der Waals surface area contributed by atoms with E-state index in [0.29, 0.717) is 13.1 Å². The Bertz CT molecular complexity index is 778. The summed E-state index contributed by atoms with van der Waals surface area (Å²) in [6, 6.07) is 6.06. The third-order valence-corrected chi connectivity index (χ3v) is 6.46. The molecule has 0 atom stereocenters. The standard InChI is InChI=1S/C21H27N3O4/c25-19(23-7-1-2-8-23)21(5-6-21)20(26)24-11-9-22(10-12-24)14-16-3-4-17-18(13-16)28-15-27-17/h3-4,13H,1-2,5-12,14-15H2. The highest BCUT2D eigenvalue weighted by molar-refractivity contribution is 6.08. The topological polar surface area (TPSA) is 62.3 Å². The summed E-state index contributed by atoms with van der Waals surface area (Å²) in [6.45, 7) is 5.79. The minimum absolute atomic E-state index is 0.0622. The molecule has 4 aliphatic rings. The SMILES string of the molecule is O=C(N1CCCC1)C1(C(=O)N2CCN(Cc3ccc4c(c3)OCO4)CC2)CC1. The van der Waals surface area contributed by atoms with E-state index < -0.39 is 5.41 Å². The zero-order chi connectivity index (χ0) is 19.1. The first kappa shape index (κ1) is 17.8. The second kappa shape index (κ2) is 6.95. The van der Waals surface area contributed by atoms with Crippen molar-refractivity contribution < 1.29 is 19.1 Å². The molecule has 3 aliphatic heterocycles. The minimum Gasteiger partial charge on any atom is -0.454 e. The van der Waals surface area contributed by atoms with E-state index in [0.717, 1.165) is 69.9 Å². The van der Waals surface area contributed by atoms with Crippen molar-refractivity contribution >= 4 is 11.8 Å². The predicted molar refractivity (Wildman–Crippen MR) is 102 cm³/mol. The Kier molecular flexibility index (Phi) is 4.42. The molecule has 0 spiro atoms. The summed E-state index contributed by atoms with van der Waals surface area (Å²) in [7, 11) is 0. The average Bonchev–Trinajstić information content (AvgIpc) is 3.13. The van der Waals surface area contributed by atoms with Crippen molar-refractivity contribution in [3.05, 3.63) is 23.8 Å². The highest BCUT2D eigenvalue weighted by Crippen LogP contribution is 2.49. The van der Waals surface area contributed by atoms with Gasteiger partial charge in [0.15, 0.2) is 11.5 Å². The summed E-state index contributed by atoms with van der Waals surface area (Å²) >= 11 is 0. The van der Waals surface area contributed by atoms with E-state index >= 15 is 0 Å². The predicted octanol–water partition coefficient (Wildman–Crippen LogP) is 1.46. The fraction of sp³-hybridized carbons (Fsp3) is 0.619. The number of carbonyl (C=O) groups excluding carboxylic acids is 2. The lowest BCUT2D eigenvalue weighted by Crippen LogP contribution is -2.53. The van der Waals surface area contributed by atoms with Crippen molar-refractivity contribution in [2.45, 2.75) is 32.2 Å². The van der Waals surface area contributed by atoms with Crippen LogP contribution in [0.4, 0.5) is 0 Å². The van der Waals surface area contributed by atoms with Crippen molar-refractivity contribution in [3.63, 3.8) is 0 Å². The van der Waals surface area contributed by atoms with Crippen LogP contribution in [0.1, 0.15) is 31.2 Å². The van der Waals surface area contributed by atoms with Crippen LogP contribution in [0.5, 0.6) is 11.5 Å². The number of carbonyl (C=O) groups is 2. The fourth-order valence-corrected chi connectivity index (χ4v) is 4.58. The summed E-state index contributed by atoms with van der Waals surface area (Å²) in [5.41, 5.74) is 0.455. The maximum absolute atomic E-state index is 13.1. The number of amides is 2. The van der Waals surface area contributed by atoms with Gasteiger partial charge in [0.2, 0.25) is 18.6 Å². The summed E-state index contributed by atoms with van der Waals surface area (Å²) in [5.74, 6) is 1.75. The Morgan fingerprint density at radius 2 is 1.50 bits per heavy atom. The monoisotopic (exact) mass is 385 g/mol.